The van der Waals surface area contributed by atoms with E-state index < -0.39 is 0 Å². The van der Waals surface area contributed by atoms with E-state index in [-0.39, 0.29) is 11.9 Å². The van der Waals surface area contributed by atoms with Gasteiger partial charge >= 0.3 is 8.05 Å². The fraction of sp³-hybridized carbons (Fsp3) is 0.800. The molecule has 0 aliphatic rings. The molecule has 0 saturated heterocycles. The molecule has 1 unspecified atom stereocenters. The summed E-state index contributed by atoms with van der Waals surface area (Å²) in [5.41, 5.74) is 0. The predicted molar refractivity (Wildman–Crippen MR) is 31.3 cm³/mol. The van der Waals surface area contributed by atoms with Gasteiger partial charge < -0.3 is 4.65 Å². The Hall–Kier alpha value is -0.465. The van der Waals surface area contributed by atoms with Crippen LogP contribution in [0.15, 0.2) is 0 Å². The van der Waals surface area contributed by atoms with Gasteiger partial charge in [0.05, 0.1) is 5.92 Å². The second kappa shape index (κ2) is 3.53. The van der Waals surface area contributed by atoms with Crippen molar-refractivity contribution in [2.24, 2.45) is 5.92 Å². The molecule has 3 heteroatoms. The van der Waals surface area contributed by atoms with E-state index in [0.29, 0.717) is 0 Å². The van der Waals surface area contributed by atoms with E-state index in [9.17, 15) is 4.79 Å². The zero-order chi connectivity index (χ0) is 6.57. The fourth-order valence-electron chi connectivity index (χ4n) is 0.283. The summed E-state index contributed by atoms with van der Waals surface area (Å²) in [6.45, 7) is 3.68. The highest BCUT2D eigenvalue weighted by Gasteiger charge is 2.07. The Morgan fingerprint density at radius 2 is 2.38 bits per heavy atom. The first-order valence-electron chi connectivity index (χ1n) is 2.63. The zero-order valence-corrected chi connectivity index (χ0v) is 5.18. The minimum absolute atomic E-state index is 0.0694. The summed E-state index contributed by atoms with van der Waals surface area (Å²) in [4.78, 5) is 10.4. The van der Waals surface area contributed by atoms with Gasteiger partial charge in [0.1, 0.15) is 0 Å². The fourth-order valence-corrected chi connectivity index (χ4v) is 0.283. The summed E-state index contributed by atoms with van der Waals surface area (Å²) in [5.74, 6) is -0.410. The monoisotopic (exact) mass is 112 g/mol. The SMILES string of the molecule is [B]OC(=O)C(C)CC. The normalized spacial score (nSPS) is 12.8. The van der Waals surface area contributed by atoms with Crippen molar-refractivity contribution in [3.8, 4) is 0 Å². The highest BCUT2D eigenvalue weighted by atomic mass is 16.5. The van der Waals surface area contributed by atoms with Crippen molar-refractivity contribution in [2.45, 2.75) is 20.3 Å². The Bertz CT molecular complexity index is 82.5. The molecule has 0 heterocycles. The summed E-state index contributed by atoms with van der Waals surface area (Å²) in [5, 5.41) is 0. The molecule has 0 rings (SSSR count). The number of carbonyl (C=O) groups excluding carboxylic acids is 1. The van der Waals surface area contributed by atoms with Crippen molar-refractivity contribution < 1.29 is 9.45 Å². The highest BCUT2D eigenvalue weighted by Crippen LogP contribution is 2.00. The summed E-state index contributed by atoms with van der Waals surface area (Å²) in [6, 6.07) is 0. The average molecular weight is 112 g/mol. The van der Waals surface area contributed by atoms with Crippen LogP contribution in [0.5, 0.6) is 0 Å². The third kappa shape index (κ3) is 2.00. The molecule has 2 nitrogen and oxygen atoms in total. The topological polar surface area (TPSA) is 26.3 Å². The maximum atomic E-state index is 10.4. The van der Waals surface area contributed by atoms with Crippen LogP contribution >= 0.6 is 0 Å². The lowest BCUT2D eigenvalue weighted by atomic mass is 10.1. The third-order valence-electron chi connectivity index (χ3n) is 1.13. The smallest absolute Gasteiger partial charge is 0.378 e. The molecule has 8 heavy (non-hydrogen) atoms. The van der Waals surface area contributed by atoms with Gasteiger partial charge in [0.2, 0.25) is 0 Å². The summed E-state index contributed by atoms with van der Waals surface area (Å²) in [7, 11) is 4.60. The number of carbonyl (C=O) groups is 1. The largest absolute Gasteiger partial charge is 0.543 e. The Morgan fingerprint density at radius 1 is 1.88 bits per heavy atom. The van der Waals surface area contributed by atoms with Crippen molar-refractivity contribution in [1.82, 2.24) is 0 Å². The second-order valence-corrected chi connectivity index (χ2v) is 1.75. The molecular weight excluding hydrogens is 103 g/mol. The minimum atomic E-state index is -0.340. The van der Waals surface area contributed by atoms with E-state index in [2.05, 4.69) is 12.7 Å². The standard InChI is InChI=1S/C5H9BO2/c1-3-4(2)5(7)8-6/h4H,3H2,1-2H3. The molecule has 1 atom stereocenters. The highest BCUT2D eigenvalue weighted by molar-refractivity contribution is 6.05. The van der Waals surface area contributed by atoms with Crippen molar-refractivity contribution in [3.05, 3.63) is 0 Å². The Morgan fingerprint density at radius 3 is 2.50 bits per heavy atom. The van der Waals surface area contributed by atoms with Crippen LogP contribution in [0.2, 0.25) is 0 Å². The van der Waals surface area contributed by atoms with Gasteiger partial charge in [-0.25, -0.2) is 0 Å². The molecule has 0 aromatic heterocycles. The van der Waals surface area contributed by atoms with E-state index in [0.717, 1.165) is 6.42 Å². The molecule has 0 N–H and O–H groups in total. The van der Waals surface area contributed by atoms with Gasteiger partial charge in [-0.05, 0) is 6.42 Å². The minimum Gasteiger partial charge on any atom is -0.543 e. The molecule has 0 spiro atoms. The van der Waals surface area contributed by atoms with E-state index >= 15 is 0 Å². The maximum Gasteiger partial charge on any atom is 0.378 e. The van der Waals surface area contributed by atoms with Crippen LogP contribution in [0.25, 0.3) is 0 Å². The average Bonchev–Trinajstić information content (AvgIpc) is 1.84. The molecule has 0 amide bonds. The Labute approximate surface area is 50.7 Å². The lowest BCUT2D eigenvalue weighted by Gasteiger charge is -2.03. The Kier molecular flexibility index (Phi) is 3.32. The van der Waals surface area contributed by atoms with Crippen LogP contribution in [0.1, 0.15) is 20.3 Å². The van der Waals surface area contributed by atoms with Crippen LogP contribution in [0.4, 0.5) is 0 Å². The molecule has 0 aliphatic heterocycles. The molecular formula is C5H9BO2. The number of hydrogen-bond donors (Lipinski definition) is 0. The van der Waals surface area contributed by atoms with Crippen molar-refractivity contribution in [2.75, 3.05) is 0 Å². The van der Waals surface area contributed by atoms with Crippen LogP contribution < -0.4 is 0 Å². The van der Waals surface area contributed by atoms with E-state index in [1.807, 2.05) is 6.92 Å². The van der Waals surface area contributed by atoms with E-state index in [1.54, 1.807) is 6.92 Å². The van der Waals surface area contributed by atoms with Crippen LogP contribution in [-0.4, -0.2) is 14.0 Å². The quantitative estimate of drug-likeness (QED) is 0.490. The lowest BCUT2D eigenvalue weighted by molar-refractivity contribution is -0.138. The van der Waals surface area contributed by atoms with Crippen molar-refractivity contribution >= 4 is 14.0 Å². The summed E-state index contributed by atoms with van der Waals surface area (Å²) in [6.07, 6.45) is 0.774. The van der Waals surface area contributed by atoms with Crippen LogP contribution in [0, 0.1) is 5.92 Å². The molecule has 44 valence electrons. The van der Waals surface area contributed by atoms with Gasteiger partial charge in [-0.15, -0.1) is 0 Å². The molecule has 0 aliphatic carbocycles. The first kappa shape index (κ1) is 7.53. The predicted octanol–water partition coefficient (Wildman–Crippen LogP) is 0.659. The first-order valence-corrected chi connectivity index (χ1v) is 2.63. The van der Waals surface area contributed by atoms with Gasteiger partial charge in [0, 0.05) is 0 Å². The van der Waals surface area contributed by atoms with Gasteiger partial charge in [-0.2, -0.15) is 0 Å². The third-order valence-corrected chi connectivity index (χ3v) is 1.13. The number of hydrogen-bond acceptors (Lipinski definition) is 2. The van der Waals surface area contributed by atoms with Crippen molar-refractivity contribution in [3.63, 3.8) is 0 Å². The lowest BCUT2D eigenvalue weighted by Crippen LogP contribution is -2.11. The van der Waals surface area contributed by atoms with Crippen LogP contribution in [0.3, 0.4) is 0 Å². The van der Waals surface area contributed by atoms with Gasteiger partial charge in [-0.3, -0.25) is 4.79 Å². The van der Waals surface area contributed by atoms with Gasteiger partial charge in [-0.1, -0.05) is 13.8 Å². The summed E-state index contributed by atoms with van der Waals surface area (Å²) < 4.78 is 3.96. The molecule has 0 saturated carbocycles. The molecule has 0 fully saturated rings. The molecule has 0 bridgehead atoms. The second-order valence-electron chi connectivity index (χ2n) is 1.75. The van der Waals surface area contributed by atoms with Gasteiger partial charge in [0.25, 0.3) is 5.97 Å². The molecule has 0 aromatic carbocycles. The van der Waals surface area contributed by atoms with Crippen LogP contribution in [-0.2, 0) is 9.45 Å². The van der Waals surface area contributed by atoms with E-state index in [4.69, 9.17) is 0 Å². The molecule has 0 aromatic rings. The Balaban J connectivity index is 3.46. The summed E-state index contributed by atoms with van der Waals surface area (Å²) >= 11 is 0. The maximum absolute atomic E-state index is 10.4. The number of rotatable bonds is 2. The zero-order valence-electron chi connectivity index (χ0n) is 5.18. The van der Waals surface area contributed by atoms with Gasteiger partial charge in [0.15, 0.2) is 0 Å². The van der Waals surface area contributed by atoms with Crippen molar-refractivity contribution in [1.29, 1.82) is 0 Å². The first-order chi connectivity index (χ1) is 3.72. The molecule has 2 radical (unpaired) electrons. The van der Waals surface area contributed by atoms with E-state index in [1.165, 1.54) is 0 Å².